The minimum Gasteiger partial charge on any atom is -0.388 e. The second-order valence-corrected chi connectivity index (χ2v) is 8.55. The van der Waals surface area contributed by atoms with E-state index in [1.165, 1.54) is 12.7 Å². The van der Waals surface area contributed by atoms with E-state index in [4.69, 9.17) is 13.7 Å². The highest BCUT2D eigenvalue weighted by Gasteiger charge is 2.44. The SMILES string of the molecule is O=C(OSC[C@H]1O[C@@H](n2cnc3c(N[C@@H]4CCOC4)ncnc32)[C@H](O)[C@@H]1O)c1ccccc1. The normalized spacial score (nSPS) is 27.2. The maximum Gasteiger partial charge on any atom is 0.350 e. The number of anilines is 1. The number of nitrogens with zero attached hydrogens (tertiary/aromatic N) is 4. The fourth-order valence-corrected chi connectivity index (χ4v) is 4.54. The first-order valence-corrected chi connectivity index (χ1v) is 11.4. The Morgan fingerprint density at radius 1 is 1.21 bits per heavy atom. The van der Waals surface area contributed by atoms with Crippen LogP contribution in [0, 0.1) is 0 Å². The Balaban J connectivity index is 1.25. The molecule has 5 rings (SSSR count). The number of aliphatic hydroxyl groups excluding tert-OH is 2. The fourth-order valence-electron chi connectivity index (χ4n) is 3.86. The minimum absolute atomic E-state index is 0.142. The molecular formula is C21H23N5O6S. The molecule has 11 nitrogen and oxygen atoms in total. The zero-order valence-electron chi connectivity index (χ0n) is 17.5. The van der Waals surface area contributed by atoms with Gasteiger partial charge in [0.1, 0.15) is 24.6 Å². The molecule has 0 bridgehead atoms. The predicted molar refractivity (Wildman–Crippen MR) is 118 cm³/mol. The van der Waals surface area contributed by atoms with Gasteiger partial charge >= 0.3 is 5.97 Å². The summed E-state index contributed by atoms with van der Waals surface area (Å²) in [5.74, 6) is 0.223. The molecule has 0 radical (unpaired) electrons. The summed E-state index contributed by atoms with van der Waals surface area (Å²) in [7, 11) is 0. The molecular weight excluding hydrogens is 450 g/mol. The Hall–Kier alpha value is -2.77. The molecule has 33 heavy (non-hydrogen) atoms. The highest BCUT2D eigenvalue weighted by Crippen LogP contribution is 2.34. The van der Waals surface area contributed by atoms with Crippen molar-refractivity contribution in [3.8, 4) is 0 Å². The molecule has 3 aromatic rings. The van der Waals surface area contributed by atoms with Gasteiger partial charge in [-0.1, -0.05) is 18.2 Å². The molecule has 2 saturated heterocycles. The van der Waals surface area contributed by atoms with Gasteiger partial charge in [0.25, 0.3) is 0 Å². The van der Waals surface area contributed by atoms with Crippen molar-refractivity contribution in [1.82, 2.24) is 19.5 Å². The first-order chi connectivity index (χ1) is 16.1. The van der Waals surface area contributed by atoms with E-state index < -0.39 is 30.5 Å². The largest absolute Gasteiger partial charge is 0.388 e. The Morgan fingerprint density at radius 2 is 2.06 bits per heavy atom. The number of carbonyl (C=O) groups is 1. The summed E-state index contributed by atoms with van der Waals surface area (Å²) in [6, 6.07) is 8.74. The number of carbonyl (C=O) groups excluding carboxylic acids is 1. The van der Waals surface area contributed by atoms with Crippen LogP contribution in [0.3, 0.4) is 0 Å². The van der Waals surface area contributed by atoms with Gasteiger partial charge in [0.05, 0.1) is 42.3 Å². The summed E-state index contributed by atoms with van der Waals surface area (Å²) in [6.07, 6.45) is -0.271. The summed E-state index contributed by atoms with van der Waals surface area (Å²) >= 11 is 0.864. The molecule has 0 saturated carbocycles. The zero-order chi connectivity index (χ0) is 22.8. The molecule has 2 aliphatic heterocycles. The van der Waals surface area contributed by atoms with Crippen LogP contribution in [0.2, 0.25) is 0 Å². The second-order valence-electron chi connectivity index (χ2n) is 7.82. The highest BCUT2D eigenvalue weighted by atomic mass is 32.2. The molecule has 12 heteroatoms. The van der Waals surface area contributed by atoms with E-state index in [0.29, 0.717) is 35.8 Å². The van der Waals surface area contributed by atoms with Gasteiger partial charge in [-0.3, -0.25) is 4.57 Å². The Morgan fingerprint density at radius 3 is 2.85 bits per heavy atom. The van der Waals surface area contributed by atoms with Gasteiger partial charge in [-0.2, -0.15) is 0 Å². The third kappa shape index (κ3) is 4.52. The molecule has 174 valence electrons. The van der Waals surface area contributed by atoms with E-state index in [1.807, 2.05) is 0 Å². The average Bonchev–Trinajstić information content (AvgIpc) is 3.56. The molecule has 4 heterocycles. The summed E-state index contributed by atoms with van der Waals surface area (Å²) in [5, 5.41) is 24.4. The first-order valence-electron chi connectivity index (χ1n) is 10.5. The van der Waals surface area contributed by atoms with Crippen LogP contribution in [0.25, 0.3) is 11.2 Å². The average molecular weight is 474 g/mol. The van der Waals surface area contributed by atoms with Gasteiger partial charge < -0.3 is 29.2 Å². The number of hydrogen-bond donors (Lipinski definition) is 3. The molecule has 2 fully saturated rings. The number of imidazole rings is 1. The van der Waals surface area contributed by atoms with Gasteiger partial charge in [-0.25, -0.2) is 19.7 Å². The van der Waals surface area contributed by atoms with Crippen LogP contribution >= 0.6 is 12.0 Å². The van der Waals surface area contributed by atoms with Gasteiger partial charge in [0, 0.05) is 6.61 Å². The third-order valence-corrected chi connectivity index (χ3v) is 6.35. The van der Waals surface area contributed by atoms with Gasteiger partial charge in [0.15, 0.2) is 23.2 Å². The lowest BCUT2D eigenvalue weighted by atomic mass is 10.1. The Labute approximate surface area is 193 Å². The highest BCUT2D eigenvalue weighted by molar-refractivity contribution is 7.95. The quantitative estimate of drug-likeness (QED) is 0.426. The van der Waals surface area contributed by atoms with E-state index >= 15 is 0 Å². The topological polar surface area (TPSA) is 141 Å². The lowest BCUT2D eigenvalue weighted by molar-refractivity contribution is -0.0290. The van der Waals surface area contributed by atoms with Crippen LogP contribution in [0.1, 0.15) is 23.0 Å². The van der Waals surface area contributed by atoms with Crippen molar-refractivity contribution in [3.63, 3.8) is 0 Å². The number of rotatable bonds is 7. The number of nitrogens with one attached hydrogen (secondary N) is 1. The summed E-state index contributed by atoms with van der Waals surface area (Å²) in [4.78, 5) is 25.1. The lowest BCUT2D eigenvalue weighted by Gasteiger charge is -2.17. The predicted octanol–water partition coefficient (Wildman–Crippen LogP) is 1.15. The molecule has 0 spiro atoms. The van der Waals surface area contributed by atoms with Crippen molar-refractivity contribution < 1.29 is 28.7 Å². The van der Waals surface area contributed by atoms with Gasteiger partial charge in [-0.15, -0.1) is 0 Å². The summed E-state index contributed by atoms with van der Waals surface area (Å²) in [6.45, 7) is 1.29. The van der Waals surface area contributed by atoms with Crippen LogP contribution in [-0.2, 0) is 13.7 Å². The smallest absolute Gasteiger partial charge is 0.350 e. The monoisotopic (exact) mass is 473 g/mol. The lowest BCUT2D eigenvalue weighted by Crippen LogP contribution is -2.32. The summed E-state index contributed by atoms with van der Waals surface area (Å²) < 4.78 is 18.1. The number of aromatic nitrogens is 4. The van der Waals surface area contributed by atoms with E-state index in [2.05, 4.69) is 20.3 Å². The molecule has 2 aliphatic rings. The number of hydrogen-bond acceptors (Lipinski definition) is 11. The maximum atomic E-state index is 12.1. The molecule has 2 aromatic heterocycles. The van der Waals surface area contributed by atoms with Crippen molar-refractivity contribution in [2.45, 2.75) is 37.0 Å². The number of benzene rings is 1. The van der Waals surface area contributed by atoms with E-state index in [9.17, 15) is 15.0 Å². The van der Waals surface area contributed by atoms with Crippen LogP contribution in [-0.4, -0.2) is 79.0 Å². The van der Waals surface area contributed by atoms with E-state index in [-0.39, 0.29) is 11.8 Å². The van der Waals surface area contributed by atoms with Crippen molar-refractivity contribution in [1.29, 1.82) is 0 Å². The van der Waals surface area contributed by atoms with Gasteiger partial charge in [0.2, 0.25) is 0 Å². The Bertz CT molecular complexity index is 1110. The van der Waals surface area contributed by atoms with Crippen molar-refractivity contribution >= 4 is 35.0 Å². The minimum atomic E-state index is -1.22. The van der Waals surface area contributed by atoms with E-state index in [0.717, 1.165) is 18.5 Å². The maximum absolute atomic E-state index is 12.1. The molecule has 5 atom stereocenters. The third-order valence-electron chi connectivity index (χ3n) is 5.62. The van der Waals surface area contributed by atoms with E-state index in [1.54, 1.807) is 34.9 Å². The number of fused-ring (bicyclic) bond motifs is 1. The van der Waals surface area contributed by atoms with Crippen molar-refractivity contribution in [2.75, 3.05) is 24.3 Å². The number of aliphatic hydroxyl groups is 2. The van der Waals surface area contributed by atoms with Gasteiger partial charge in [-0.05, 0) is 18.6 Å². The fraction of sp³-hybridized carbons (Fsp3) is 0.429. The summed E-state index contributed by atoms with van der Waals surface area (Å²) in [5.41, 5.74) is 1.42. The molecule has 0 aliphatic carbocycles. The van der Waals surface area contributed by atoms with Crippen molar-refractivity contribution in [2.24, 2.45) is 0 Å². The first kappa shape index (κ1) is 22.0. The standard InChI is InChI=1S/C21H23N5O6S/c27-16-14(9-33-32-21(29)12-4-2-1-3-5-12)31-20(17(16)28)26-11-24-15-18(22-10-23-19(15)26)25-13-6-7-30-8-13/h1-5,10-11,13-14,16-17,20,27-28H,6-9H2,(H,22,23,25)/t13-,14-,16-,17-,20-/m1/s1. The van der Waals surface area contributed by atoms with Crippen molar-refractivity contribution in [3.05, 3.63) is 48.5 Å². The van der Waals surface area contributed by atoms with Crippen LogP contribution in [0.15, 0.2) is 43.0 Å². The molecule has 1 aromatic carbocycles. The van der Waals surface area contributed by atoms with Crippen LogP contribution < -0.4 is 5.32 Å². The van der Waals surface area contributed by atoms with Crippen LogP contribution in [0.5, 0.6) is 0 Å². The molecule has 3 N–H and O–H groups in total. The zero-order valence-corrected chi connectivity index (χ0v) is 18.3. The molecule has 0 amide bonds. The Kier molecular flexibility index (Phi) is 6.42. The molecule has 0 unspecified atom stereocenters. The van der Waals surface area contributed by atoms with Crippen LogP contribution in [0.4, 0.5) is 5.82 Å². The second kappa shape index (κ2) is 9.61. The number of ether oxygens (including phenoxy) is 2.